The van der Waals surface area contributed by atoms with Crippen molar-refractivity contribution in [1.29, 1.82) is 0 Å². The van der Waals surface area contributed by atoms with Crippen LogP contribution >= 0.6 is 0 Å². The van der Waals surface area contributed by atoms with Crippen molar-refractivity contribution in [3.63, 3.8) is 0 Å². The number of amides is 2. The third-order valence-electron chi connectivity index (χ3n) is 3.86. The van der Waals surface area contributed by atoms with Gasteiger partial charge in [-0.2, -0.15) is 5.10 Å². The molecular weight excluding hydrogens is 282 g/mol. The van der Waals surface area contributed by atoms with E-state index in [0.29, 0.717) is 25.9 Å². The van der Waals surface area contributed by atoms with Crippen LogP contribution in [0.3, 0.4) is 0 Å². The smallest absolute Gasteiger partial charge is 0.223 e. The molecule has 2 rings (SSSR count). The first-order valence-electron chi connectivity index (χ1n) is 7.76. The van der Waals surface area contributed by atoms with Gasteiger partial charge in [0.05, 0.1) is 0 Å². The van der Waals surface area contributed by atoms with Gasteiger partial charge in [-0.15, -0.1) is 0 Å². The number of aryl methyl sites for hydroxylation is 1. The van der Waals surface area contributed by atoms with Gasteiger partial charge in [0.2, 0.25) is 11.8 Å². The van der Waals surface area contributed by atoms with Gasteiger partial charge in [0, 0.05) is 43.9 Å². The summed E-state index contributed by atoms with van der Waals surface area (Å²) in [6.45, 7) is 8.09. The Morgan fingerprint density at radius 3 is 2.82 bits per heavy atom. The quantitative estimate of drug-likeness (QED) is 0.844. The van der Waals surface area contributed by atoms with Crippen LogP contribution in [0.25, 0.3) is 0 Å². The van der Waals surface area contributed by atoms with Crippen LogP contribution in [-0.2, 0) is 16.1 Å². The van der Waals surface area contributed by atoms with Gasteiger partial charge in [-0.05, 0) is 27.2 Å². The minimum atomic E-state index is -0.145. The van der Waals surface area contributed by atoms with E-state index in [4.69, 9.17) is 0 Å². The van der Waals surface area contributed by atoms with Crippen molar-refractivity contribution < 1.29 is 9.59 Å². The molecule has 0 aromatic carbocycles. The zero-order chi connectivity index (χ0) is 16.2. The number of nitrogens with zero attached hydrogens (tertiary/aromatic N) is 4. The van der Waals surface area contributed by atoms with Gasteiger partial charge in [0.25, 0.3) is 0 Å². The number of carbonyl (C=O) groups excluding carboxylic acids is 2. The van der Waals surface area contributed by atoms with Crippen LogP contribution in [0.5, 0.6) is 0 Å². The fraction of sp³-hybridized carbons (Fsp3) is 0.733. The second-order valence-corrected chi connectivity index (χ2v) is 6.81. The molecule has 122 valence electrons. The Balaban J connectivity index is 1.65. The molecule has 1 N–H and O–H groups in total. The summed E-state index contributed by atoms with van der Waals surface area (Å²) >= 11 is 0. The summed E-state index contributed by atoms with van der Waals surface area (Å²) in [7, 11) is 0. The third kappa shape index (κ3) is 4.54. The molecule has 1 aromatic heterocycles. The Labute approximate surface area is 131 Å². The molecule has 1 atom stereocenters. The molecule has 0 spiro atoms. The van der Waals surface area contributed by atoms with E-state index in [1.165, 1.54) is 6.33 Å². The van der Waals surface area contributed by atoms with Crippen molar-refractivity contribution >= 4 is 11.8 Å². The lowest BCUT2D eigenvalue weighted by molar-refractivity contribution is -0.131. The summed E-state index contributed by atoms with van der Waals surface area (Å²) in [5.41, 5.74) is -0.145. The van der Waals surface area contributed by atoms with Crippen molar-refractivity contribution in [3.05, 3.63) is 12.7 Å². The first kappa shape index (κ1) is 16.5. The summed E-state index contributed by atoms with van der Waals surface area (Å²) in [6, 6.07) is 0. The predicted octanol–water partition coefficient (Wildman–Crippen LogP) is 0.821. The largest absolute Gasteiger partial charge is 0.356 e. The molecule has 1 saturated heterocycles. The highest BCUT2D eigenvalue weighted by atomic mass is 16.2. The molecule has 2 amide bonds. The Bertz CT molecular complexity index is 507. The molecule has 7 nitrogen and oxygen atoms in total. The topological polar surface area (TPSA) is 80.1 Å². The first-order valence-corrected chi connectivity index (χ1v) is 7.76. The molecule has 1 unspecified atom stereocenters. The molecule has 0 radical (unpaired) electrons. The molecule has 1 fully saturated rings. The molecule has 0 bridgehead atoms. The van der Waals surface area contributed by atoms with Gasteiger partial charge in [0.15, 0.2) is 0 Å². The lowest BCUT2D eigenvalue weighted by atomic mass is 10.1. The molecule has 0 aliphatic carbocycles. The SMILES string of the molecule is CC(C)(C)N1CC(CNC(=O)CCCn2cncn2)CC1=O. The van der Waals surface area contributed by atoms with E-state index in [-0.39, 0.29) is 23.3 Å². The number of nitrogens with one attached hydrogen (secondary N) is 1. The molecule has 1 aliphatic rings. The standard InChI is InChI=1S/C15H25N5O2/c1-15(2,3)20-9-12(7-14(20)22)8-17-13(21)5-4-6-19-11-16-10-18-19/h10-12H,4-9H2,1-3H3,(H,17,21). The van der Waals surface area contributed by atoms with Crippen LogP contribution in [-0.4, -0.2) is 50.1 Å². The summed E-state index contributed by atoms with van der Waals surface area (Å²) in [5, 5.41) is 6.93. The Morgan fingerprint density at radius 2 is 2.23 bits per heavy atom. The maximum Gasteiger partial charge on any atom is 0.223 e. The van der Waals surface area contributed by atoms with Crippen LogP contribution in [0.2, 0.25) is 0 Å². The van der Waals surface area contributed by atoms with Crippen molar-refractivity contribution in [2.45, 2.75) is 52.1 Å². The zero-order valence-electron chi connectivity index (χ0n) is 13.6. The van der Waals surface area contributed by atoms with Gasteiger partial charge in [0.1, 0.15) is 12.7 Å². The Morgan fingerprint density at radius 1 is 1.45 bits per heavy atom. The molecule has 1 aliphatic heterocycles. The third-order valence-corrected chi connectivity index (χ3v) is 3.86. The predicted molar refractivity (Wildman–Crippen MR) is 81.8 cm³/mol. The van der Waals surface area contributed by atoms with Crippen molar-refractivity contribution in [3.8, 4) is 0 Å². The maximum atomic E-state index is 12.0. The number of aromatic nitrogens is 3. The van der Waals surface area contributed by atoms with Crippen molar-refractivity contribution in [2.75, 3.05) is 13.1 Å². The minimum absolute atomic E-state index is 0.0294. The van der Waals surface area contributed by atoms with Gasteiger partial charge in [-0.3, -0.25) is 14.3 Å². The number of carbonyl (C=O) groups is 2. The van der Waals surface area contributed by atoms with Crippen LogP contribution < -0.4 is 5.32 Å². The molecule has 22 heavy (non-hydrogen) atoms. The molecule has 7 heteroatoms. The van der Waals surface area contributed by atoms with Gasteiger partial charge in [-0.1, -0.05) is 0 Å². The normalized spacial score (nSPS) is 18.8. The summed E-state index contributed by atoms with van der Waals surface area (Å²) in [5.74, 6) is 0.422. The fourth-order valence-electron chi connectivity index (χ4n) is 2.66. The second kappa shape index (κ2) is 6.89. The fourth-order valence-corrected chi connectivity index (χ4v) is 2.66. The second-order valence-electron chi connectivity index (χ2n) is 6.81. The van der Waals surface area contributed by atoms with E-state index < -0.39 is 0 Å². The van der Waals surface area contributed by atoms with Gasteiger partial charge in [-0.25, -0.2) is 4.98 Å². The molecular formula is C15H25N5O2. The lowest BCUT2D eigenvalue weighted by Gasteiger charge is -2.32. The van der Waals surface area contributed by atoms with Crippen LogP contribution in [0.1, 0.15) is 40.0 Å². The average Bonchev–Trinajstić information content (AvgIpc) is 3.05. The minimum Gasteiger partial charge on any atom is -0.356 e. The average molecular weight is 307 g/mol. The first-order chi connectivity index (χ1) is 10.4. The van der Waals surface area contributed by atoms with Gasteiger partial charge < -0.3 is 10.2 Å². The molecule has 2 heterocycles. The summed E-state index contributed by atoms with van der Waals surface area (Å²) in [6.07, 6.45) is 4.84. The van der Waals surface area contributed by atoms with E-state index in [2.05, 4.69) is 15.4 Å². The highest BCUT2D eigenvalue weighted by molar-refractivity contribution is 5.80. The van der Waals surface area contributed by atoms with Crippen LogP contribution in [0.4, 0.5) is 0 Å². The van der Waals surface area contributed by atoms with E-state index >= 15 is 0 Å². The monoisotopic (exact) mass is 307 g/mol. The maximum absolute atomic E-state index is 12.0. The number of hydrogen-bond donors (Lipinski definition) is 1. The summed E-state index contributed by atoms with van der Waals surface area (Å²) in [4.78, 5) is 29.6. The lowest BCUT2D eigenvalue weighted by Crippen LogP contribution is -2.42. The number of hydrogen-bond acceptors (Lipinski definition) is 4. The molecule has 1 aromatic rings. The van der Waals surface area contributed by atoms with Crippen LogP contribution in [0, 0.1) is 5.92 Å². The Kier molecular flexibility index (Phi) is 5.15. The summed E-state index contributed by atoms with van der Waals surface area (Å²) < 4.78 is 1.71. The van der Waals surface area contributed by atoms with Crippen molar-refractivity contribution in [1.82, 2.24) is 25.0 Å². The molecule has 0 saturated carbocycles. The Hall–Kier alpha value is -1.92. The zero-order valence-corrected chi connectivity index (χ0v) is 13.6. The van der Waals surface area contributed by atoms with E-state index in [1.807, 2.05) is 25.7 Å². The number of likely N-dealkylation sites (tertiary alicyclic amines) is 1. The van der Waals surface area contributed by atoms with Crippen molar-refractivity contribution in [2.24, 2.45) is 5.92 Å². The highest BCUT2D eigenvalue weighted by Gasteiger charge is 2.35. The van der Waals surface area contributed by atoms with E-state index in [9.17, 15) is 9.59 Å². The van der Waals surface area contributed by atoms with E-state index in [0.717, 1.165) is 13.0 Å². The highest BCUT2D eigenvalue weighted by Crippen LogP contribution is 2.25. The van der Waals surface area contributed by atoms with Gasteiger partial charge >= 0.3 is 0 Å². The van der Waals surface area contributed by atoms with Crippen LogP contribution in [0.15, 0.2) is 12.7 Å². The van der Waals surface area contributed by atoms with E-state index in [1.54, 1.807) is 11.0 Å². The number of rotatable bonds is 6.